The summed E-state index contributed by atoms with van der Waals surface area (Å²) in [5.74, 6) is 1.67. The molecule has 1 heterocycles. The van der Waals surface area contributed by atoms with Crippen molar-refractivity contribution in [3.05, 3.63) is 64.6 Å². The molecule has 3 N–H and O–H groups in total. The second-order valence-electron chi connectivity index (χ2n) is 10.2. The standard InChI is InChI=1S/C28H37N3O4/c1-18(2)22-11-9-19(3)15-23(22)27(33)31-24-12-10-21(16-25(24)30(14-13-29)28(31)34)35-17-26(32)20-7-5-4-6-8-20/h4-8,10,12,16,18-19,22-23,27,33H,9,11,13-15,17,29H2,1-3H3/t19-,22+,23-,27+/m1/s1. The monoisotopic (exact) mass is 479 g/mol. The molecule has 0 spiro atoms. The molecule has 1 saturated carbocycles. The molecular weight excluding hydrogens is 442 g/mol. The van der Waals surface area contributed by atoms with Crippen LogP contribution in [0.25, 0.3) is 11.0 Å². The molecule has 0 bridgehead atoms. The van der Waals surface area contributed by atoms with Crippen LogP contribution in [0.3, 0.4) is 0 Å². The van der Waals surface area contributed by atoms with Crippen LogP contribution >= 0.6 is 0 Å². The molecule has 1 aliphatic rings. The van der Waals surface area contributed by atoms with Crippen LogP contribution in [0.5, 0.6) is 5.75 Å². The molecule has 0 radical (unpaired) electrons. The van der Waals surface area contributed by atoms with Gasteiger partial charge in [0.1, 0.15) is 12.0 Å². The summed E-state index contributed by atoms with van der Waals surface area (Å²) in [5, 5.41) is 11.6. The topological polar surface area (TPSA) is 99.5 Å². The van der Waals surface area contributed by atoms with Gasteiger partial charge in [-0.25, -0.2) is 4.79 Å². The Morgan fingerprint density at radius 2 is 1.86 bits per heavy atom. The number of imidazole rings is 1. The van der Waals surface area contributed by atoms with E-state index >= 15 is 0 Å². The van der Waals surface area contributed by atoms with Crippen molar-refractivity contribution in [1.29, 1.82) is 0 Å². The zero-order chi connectivity index (χ0) is 25.1. The van der Waals surface area contributed by atoms with Crippen molar-refractivity contribution >= 4 is 16.8 Å². The molecule has 7 heteroatoms. The molecule has 35 heavy (non-hydrogen) atoms. The third-order valence-corrected chi connectivity index (χ3v) is 7.47. The molecular formula is C28H37N3O4. The molecule has 4 rings (SSSR count). The summed E-state index contributed by atoms with van der Waals surface area (Å²) in [5.41, 5.74) is 7.44. The summed E-state index contributed by atoms with van der Waals surface area (Å²) >= 11 is 0. The third kappa shape index (κ3) is 5.21. The number of aromatic nitrogens is 2. The number of hydrogen-bond donors (Lipinski definition) is 2. The highest BCUT2D eigenvalue weighted by atomic mass is 16.5. The van der Waals surface area contributed by atoms with Crippen molar-refractivity contribution in [2.24, 2.45) is 29.4 Å². The van der Waals surface area contributed by atoms with Gasteiger partial charge in [-0.2, -0.15) is 0 Å². The summed E-state index contributed by atoms with van der Waals surface area (Å²) in [6, 6.07) is 14.3. The number of nitrogens with zero attached hydrogens (tertiary/aromatic N) is 2. The van der Waals surface area contributed by atoms with Gasteiger partial charge < -0.3 is 15.6 Å². The van der Waals surface area contributed by atoms with Crippen LogP contribution < -0.4 is 16.2 Å². The van der Waals surface area contributed by atoms with Crippen LogP contribution in [-0.4, -0.2) is 33.2 Å². The Morgan fingerprint density at radius 3 is 2.54 bits per heavy atom. The van der Waals surface area contributed by atoms with E-state index in [1.807, 2.05) is 18.2 Å². The first-order chi connectivity index (χ1) is 16.8. The van der Waals surface area contributed by atoms with Crippen LogP contribution in [0.15, 0.2) is 53.3 Å². The van der Waals surface area contributed by atoms with Gasteiger partial charge >= 0.3 is 5.69 Å². The van der Waals surface area contributed by atoms with Gasteiger partial charge in [0.05, 0.1) is 11.0 Å². The lowest BCUT2D eigenvalue weighted by Gasteiger charge is -2.40. The molecule has 1 fully saturated rings. The van der Waals surface area contributed by atoms with Crippen molar-refractivity contribution < 1.29 is 14.6 Å². The van der Waals surface area contributed by atoms with Crippen LogP contribution in [0.1, 0.15) is 56.6 Å². The Morgan fingerprint density at radius 1 is 1.11 bits per heavy atom. The number of carbonyl (C=O) groups is 1. The van der Waals surface area contributed by atoms with Crippen LogP contribution in [0.4, 0.5) is 0 Å². The van der Waals surface area contributed by atoms with Gasteiger partial charge in [0.2, 0.25) is 0 Å². The molecule has 4 atom stereocenters. The Hall–Kier alpha value is -2.90. The molecule has 1 aliphatic carbocycles. The number of aliphatic hydroxyl groups is 1. The highest BCUT2D eigenvalue weighted by molar-refractivity contribution is 5.97. The number of rotatable bonds is 9. The number of benzene rings is 2. The summed E-state index contributed by atoms with van der Waals surface area (Å²) in [6.07, 6.45) is 2.19. The molecule has 0 aliphatic heterocycles. The Bertz CT molecular complexity index is 1210. The zero-order valence-electron chi connectivity index (χ0n) is 20.9. The molecule has 188 valence electrons. The van der Waals surface area contributed by atoms with Gasteiger partial charge in [-0.1, -0.05) is 57.5 Å². The summed E-state index contributed by atoms with van der Waals surface area (Å²) in [4.78, 5) is 26.0. The lowest BCUT2D eigenvalue weighted by atomic mass is 9.69. The van der Waals surface area contributed by atoms with Gasteiger partial charge in [0.25, 0.3) is 0 Å². The van der Waals surface area contributed by atoms with Crippen molar-refractivity contribution in [3.8, 4) is 5.75 Å². The van der Waals surface area contributed by atoms with E-state index in [0.29, 0.717) is 53.2 Å². The first-order valence-electron chi connectivity index (χ1n) is 12.7. The highest BCUT2D eigenvalue weighted by Crippen LogP contribution is 2.43. The molecule has 7 nitrogen and oxygen atoms in total. The average molecular weight is 480 g/mol. The lowest BCUT2D eigenvalue weighted by Crippen LogP contribution is -2.38. The van der Waals surface area contributed by atoms with Gasteiger partial charge in [0, 0.05) is 30.6 Å². The van der Waals surface area contributed by atoms with Gasteiger partial charge in [-0.05, 0) is 42.7 Å². The van der Waals surface area contributed by atoms with Crippen LogP contribution in [0.2, 0.25) is 0 Å². The minimum atomic E-state index is -0.911. The van der Waals surface area contributed by atoms with E-state index in [1.54, 1.807) is 34.9 Å². The summed E-state index contributed by atoms with van der Waals surface area (Å²) in [6.45, 7) is 7.13. The Balaban J connectivity index is 1.66. The van der Waals surface area contributed by atoms with Gasteiger partial charge in [-0.3, -0.25) is 13.9 Å². The predicted octanol–water partition coefficient (Wildman–Crippen LogP) is 4.22. The number of Topliss-reactive ketones (excluding diaryl/α,β-unsaturated/α-hetero) is 1. The maximum atomic E-state index is 13.5. The molecule has 0 unspecified atom stereocenters. The van der Waals surface area contributed by atoms with Crippen molar-refractivity contribution in [2.45, 2.75) is 52.8 Å². The number of fused-ring (bicyclic) bond motifs is 1. The first kappa shape index (κ1) is 25.2. The first-order valence-corrected chi connectivity index (χ1v) is 12.7. The number of ketones is 1. The fourth-order valence-corrected chi connectivity index (χ4v) is 5.62. The largest absolute Gasteiger partial charge is 0.485 e. The van der Waals surface area contributed by atoms with E-state index in [2.05, 4.69) is 20.8 Å². The molecule has 0 amide bonds. The van der Waals surface area contributed by atoms with E-state index < -0.39 is 6.23 Å². The smallest absolute Gasteiger partial charge is 0.331 e. The summed E-state index contributed by atoms with van der Waals surface area (Å²) in [7, 11) is 0. The highest BCUT2D eigenvalue weighted by Gasteiger charge is 2.37. The van der Waals surface area contributed by atoms with Crippen LogP contribution in [-0.2, 0) is 6.54 Å². The maximum Gasteiger partial charge on any atom is 0.331 e. The minimum Gasteiger partial charge on any atom is -0.485 e. The Labute approximate surface area is 206 Å². The van der Waals surface area contributed by atoms with E-state index in [0.717, 1.165) is 19.3 Å². The lowest BCUT2D eigenvalue weighted by molar-refractivity contribution is -0.0297. The average Bonchev–Trinajstić information content (AvgIpc) is 3.13. The molecule has 0 saturated heterocycles. The summed E-state index contributed by atoms with van der Waals surface area (Å²) < 4.78 is 8.91. The van der Waals surface area contributed by atoms with E-state index in [-0.39, 0.29) is 24.0 Å². The second-order valence-corrected chi connectivity index (χ2v) is 10.2. The number of nitrogens with two attached hydrogens (primary N) is 1. The van der Waals surface area contributed by atoms with Gasteiger partial charge in [0.15, 0.2) is 12.4 Å². The second kappa shape index (κ2) is 10.8. The molecule has 1 aromatic heterocycles. The van der Waals surface area contributed by atoms with Crippen LogP contribution in [0, 0.1) is 23.7 Å². The van der Waals surface area contributed by atoms with Crippen molar-refractivity contribution in [2.75, 3.05) is 13.2 Å². The molecule has 3 aromatic rings. The zero-order valence-corrected chi connectivity index (χ0v) is 20.9. The quantitative estimate of drug-likeness (QED) is 0.448. The van der Waals surface area contributed by atoms with E-state index in [4.69, 9.17) is 10.5 Å². The fraction of sp³-hybridized carbons (Fsp3) is 0.500. The Kier molecular flexibility index (Phi) is 7.77. The third-order valence-electron chi connectivity index (χ3n) is 7.47. The number of hydrogen-bond acceptors (Lipinski definition) is 5. The van der Waals surface area contributed by atoms with E-state index in [9.17, 15) is 14.7 Å². The number of carbonyl (C=O) groups excluding carboxylic acids is 1. The van der Waals surface area contributed by atoms with Crippen molar-refractivity contribution in [1.82, 2.24) is 9.13 Å². The number of ether oxygens (including phenoxy) is 1. The minimum absolute atomic E-state index is 0.00722. The number of aliphatic hydroxyl groups excluding tert-OH is 1. The normalized spacial score (nSPS) is 21.4. The predicted molar refractivity (Wildman–Crippen MR) is 138 cm³/mol. The van der Waals surface area contributed by atoms with Gasteiger partial charge in [-0.15, -0.1) is 0 Å². The van der Waals surface area contributed by atoms with E-state index in [1.165, 1.54) is 4.57 Å². The fourth-order valence-electron chi connectivity index (χ4n) is 5.62. The van der Waals surface area contributed by atoms with Crippen molar-refractivity contribution in [3.63, 3.8) is 0 Å². The maximum absolute atomic E-state index is 13.5. The molecule has 2 aromatic carbocycles. The SMILES string of the molecule is CC(C)[C@@H]1CC[C@@H](C)C[C@H]1[C@H](O)n1c(=O)n(CCN)c2cc(OCC(=O)c3ccccc3)ccc21.